The monoisotopic (exact) mass is 729 g/mol. The van der Waals surface area contributed by atoms with Crippen LogP contribution < -0.4 is 0 Å². The normalized spacial score (nSPS) is 11.9. The summed E-state index contributed by atoms with van der Waals surface area (Å²) in [5, 5.41) is 6.73. The van der Waals surface area contributed by atoms with Crippen LogP contribution in [-0.4, -0.2) is 24.1 Å². The van der Waals surface area contributed by atoms with E-state index >= 15 is 0 Å². The molecule has 0 saturated carbocycles. The van der Waals surface area contributed by atoms with E-state index in [0.717, 1.165) is 93.4 Å². The Morgan fingerprint density at radius 3 is 1.56 bits per heavy atom. The van der Waals surface area contributed by atoms with Crippen molar-refractivity contribution in [1.29, 1.82) is 0 Å². The third-order valence-electron chi connectivity index (χ3n) is 11.2. The second-order valence-electron chi connectivity index (χ2n) is 14.4. The van der Waals surface area contributed by atoms with Crippen LogP contribution in [0.15, 0.2) is 192 Å². The molecular weight excluding hydrogens is 699 g/mol. The van der Waals surface area contributed by atoms with Crippen molar-refractivity contribution in [3.05, 3.63) is 188 Å². The van der Waals surface area contributed by atoms with Crippen molar-refractivity contribution in [2.75, 3.05) is 0 Å². The van der Waals surface area contributed by atoms with Gasteiger partial charge in [0.15, 0.2) is 5.82 Å². The number of benzene rings is 8. The number of aromatic nitrogens is 5. The van der Waals surface area contributed by atoms with Crippen molar-refractivity contribution in [3.8, 4) is 45.5 Å². The number of rotatable bonds is 5. The Bertz CT molecular complexity index is 3490. The number of fused-ring (bicyclic) bond motifs is 9. The lowest BCUT2D eigenvalue weighted by atomic mass is 9.98. The van der Waals surface area contributed by atoms with Crippen LogP contribution in [0.5, 0.6) is 0 Å². The Kier molecular flexibility index (Phi) is 6.83. The fourth-order valence-corrected chi connectivity index (χ4v) is 8.66. The summed E-state index contributed by atoms with van der Waals surface area (Å²) < 4.78 is 10.6. The summed E-state index contributed by atoms with van der Waals surface area (Å²) in [6, 6.07) is 65.6. The lowest BCUT2D eigenvalue weighted by Crippen LogP contribution is -2.10. The molecule has 0 aliphatic heterocycles. The SMILES string of the molecule is c1ccc(-c2ccc3c4ccccc4n(-c4nc(-c5cccc(-c6cccc7oc8ccccc8c67)c5)nc(-n5c6ccccc6c6ccccc65)n4)c3c2)cc1. The quantitative estimate of drug-likeness (QED) is 0.177. The molecule has 0 spiro atoms. The Hall–Kier alpha value is -7.83. The molecule has 0 bridgehead atoms. The second kappa shape index (κ2) is 12.3. The molecule has 12 aromatic rings. The van der Waals surface area contributed by atoms with Gasteiger partial charge in [-0.25, -0.2) is 0 Å². The Morgan fingerprint density at radius 1 is 0.333 bits per heavy atom. The number of hydrogen-bond donors (Lipinski definition) is 0. The summed E-state index contributed by atoms with van der Waals surface area (Å²) in [7, 11) is 0. The fourth-order valence-electron chi connectivity index (χ4n) is 8.66. The van der Waals surface area contributed by atoms with Crippen molar-refractivity contribution in [2.45, 2.75) is 0 Å². The maximum Gasteiger partial charge on any atom is 0.240 e. The minimum atomic E-state index is 0.543. The van der Waals surface area contributed by atoms with Crippen LogP contribution in [0.4, 0.5) is 0 Å². The standard InChI is InChI=1S/C51H31N5O/c1-2-14-32(15-3-1)33-28-29-40-39-20-6-10-25-44(39)56(45(40)31-33)51-53-49(52-50(54-51)55-42-23-8-4-18-37(42)38-19-5-9-24-43(38)55)35-17-12-16-34(30-35)36-22-13-27-47-48(36)41-21-7-11-26-46(41)57-47/h1-31H. The van der Waals surface area contributed by atoms with Crippen molar-refractivity contribution in [1.82, 2.24) is 24.1 Å². The van der Waals surface area contributed by atoms with E-state index in [4.69, 9.17) is 19.4 Å². The van der Waals surface area contributed by atoms with E-state index < -0.39 is 0 Å². The van der Waals surface area contributed by atoms with E-state index in [1.54, 1.807) is 0 Å². The zero-order valence-electron chi connectivity index (χ0n) is 30.5. The summed E-state index contributed by atoms with van der Waals surface area (Å²) in [6.07, 6.45) is 0. The molecule has 4 heterocycles. The van der Waals surface area contributed by atoms with E-state index in [2.05, 4.69) is 173 Å². The minimum Gasteiger partial charge on any atom is -0.456 e. The third kappa shape index (κ3) is 4.87. The highest BCUT2D eigenvalue weighted by atomic mass is 16.3. The molecule has 8 aromatic carbocycles. The van der Waals surface area contributed by atoms with Crippen LogP contribution in [0.3, 0.4) is 0 Å². The van der Waals surface area contributed by atoms with Crippen molar-refractivity contribution >= 4 is 65.6 Å². The van der Waals surface area contributed by atoms with Gasteiger partial charge in [-0.05, 0) is 64.7 Å². The van der Waals surface area contributed by atoms with Crippen LogP contribution >= 0.6 is 0 Å². The van der Waals surface area contributed by atoms with Crippen LogP contribution in [0, 0.1) is 0 Å². The summed E-state index contributed by atoms with van der Waals surface area (Å²) in [4.78, 5) is 16.1. The molecule has 6 nitrogen and oxygen atoms in total. The minimum absolute atomic E-state index is 0.543. The molecule has 0 radical (unpaired) electrons. The Balaban J connectivity index is 1.15. The van der Waals surface area contributed by atoms with E-state index in [1.165, 1.54) is 0 Å². The summed E-state index contributed by atoms with van der Waals surface area (Å²) in [6.45, 7) is 0. The molecule has 0 saturated heterocycles. The van der Waals surface area contributed by atoms with Gasteiger partial charge in [-0.2, -0.15) is 15.0 Å². The van der Waals surface area contributed by atoms with Crippen molar-refractivity contribution in [2.24, 2.45) is 0 Å². The summed E-state index contributed by atoms with van der Waals surface area (Å²) in [5.74, 6) is 1.67. The molecule has 0 atom stereocenters. The molecule has 0 amide bonds. The number of nitrogens with zero attached hydrogens (tertiary/aromatic N) is 5. The second-order valence-corrected chi connectivity index (χ2v) is 14.4. The Labute approximate surface area is 326 Å². The first kappa shape index (κ1) is 31.5. The molecular formula is C51H31N5O. The van der Waals surface area contributed by atoms with E-state index in [1.807, 2.05) is 24.3 Å². The third-order valence-corrected chi connectivity index (χ3v) is 11.2. The molecule has 57 heavy (non-hydrogen) atoms. The molecule has 0 aliphatic rings. The topological polar surface area (TPSA) is 61.7 Å². The lowest BCUT2D eigenvalue weighted by molar-refractivity contribution is 0.669. The van der Waals surface area contributed by atoms with Crippen molar-refractivity contribution < 1.29 is 4.42 Å². The molecule has 12 rings (SSSR count). The van der Waals surface area contributed by atoms with Crippen LogP contribution in [-0.2, 0) is 0 Å². The van der Waals surface area contributed by atoms with Gasteiger partial charge in [0.25, 0.3) is 0 Å². The molecule has 0 unspecified atom stereocenters. The van der Waals surface area contributed by atoms with Crippen molar-refractivity contribution in [3.63, 3.8) is 0 Å². The lowest BCUT2D eigenvalue weighted by Gasteiger charge is -2.13. The first-order chi connectivity index (χ1) is 28.3. The zero-order valence-corrected chi connectivity index (χ0v) is 30.5. The average molecular weight is 730 g/mol. The van der Waals surface area contributed by atoms with Crippen LogP contribution in [0.2, 0.25) is 0 Å². The van der Waals surface area contributed by atoms with Gasteiger partial charge in [0.1, 0.15) is 11.2 Å². The van der Waals surface area contributed by atoms with Gasteiger partial charge < -0.3 is 4.42 Å². The van der Waals surface area contributed by atoms with Gasteiger partial charge >= 0.3 is 0 Å². The maximum absolute atomic E-state index is 6.28. The van der Waals surface area contributed by atoms with Gasteiger partial charge in [0.2, 0.25) is 11.9 Å². The number of furan rings is 1. The molecule has 0 aliphatic carbocycles. The maximum atomic E-state index is 6.28. The average Bonchev–Trinajstić information content (AvgIpc) is 3.94. The molecule has 4 aromatic heterocycles. The molecule has 266 valence electrons. The van der Waals surface area contributed by atoms with Gasteiger partial charge in [0, 0.05) is 37.9 Å². The molecule has 0 N–H and O–H groups in total. The fraction of sp³-hybridized carbons (Fsp3) is 0. The highest BCUT2D eigenvalue weighted by Gasteiger charge is 2.21. The first-order valence-corrected chi connectivity index (χ1v) is 19.1. The summed E-state index contributed by atoms with van der Waals surface area (Å²) in [5.41, 5.74) is 11.1. The van der Waals surface area contributed by atoms with E-state index in [9.17, 15) is 0 Å². The Morgan fingerprint density at radius 2 is 0.860 bits per heavy atom. The highest BCUT2D eigenvalue weighted by molar-refractivity contribution is 6.13. The highest BCUT2D eigenvalue weighted by Crippen LogP contribution is 2.39. The van der Waals surface area contributed by atoms with Crippen LogP contribution in [0.1, 0.15) is 0 Å². The first-order valence-electron chi connectivity index (χ1n) is 19.1. The van der Waals surface area contributed by atoms with Gasteiger partial charge in [-0.3, -0.25) is 9.13 Å². The smallest absolute Gasteiger partial charge is 0.240 e. The summed E-state index contributed by atoms with van der Waals surface area (Å²) >= 11 is 0. The molecule has 0 fully saturated rings. The zero-order chi connectivity index (χ0) is 37.5. The predicted octanol–water partition coefficient (Wildman–Crippen LogP) is 13.0. The van der Waals surface area contributed by atoms with Gasteiger partial charge in [-0.1, -0.05) is 146 Å². The van der Waals surface area contributed by atoms with Gasteiger partial charge in [0.05, 0.1) is 22.1 Å². The van der Waals surface area contributed by atoms with E-state index in [0.29, 0.717) is 17.7 Å². The molecule has 6 heteroatoms. The predicted molar refractivity (Wildman–Crippen MR) is 232 cm³/mol. The van der Waals surface area contributed by atoms with Gasteiger partial charge in [-0.15, -0.1) is 0 Å². The van der Waals surface area contributed by atoms with Crippen LogP contribution in [0.25, 0.3) is 111 Å². The van der Waals surface area contributed by atoms with E-state index in [-0.39, 0.29) is 0 Å². The number of para-hydroxylation sites is 4. The largest absolute Gasteiger partial charge is 0.456 e. The number of hydrogen-bond acceptors (Lipinski definition) is 4.